The lowest BCUT2D eigenvalue weighted by Crippen LogP contribution is -2.67. The van der Waals surface area contributed by atoms with Crippen LogP contribution in [-0.2, 0) is 14.3 Å². The van der Waals surface area contributed by atoms with Crippen LogP contribution in [0.4, 0.5) is 0 Å². The van der Waals surface area contributed by atoms with Gasteiger partial charge in [-0.15, -0.1) is 0 Å². The average Bonchev–Trinajstić information content (AvgIpc) is 2.77. The second kappa shape index (κ2) is 7.33. The quantitative estimate of drug-likeness (QED) is 0.353. The average molecular weight is 483 g/mol. The lowest BCUT2D eigenvalue weighted by molar-refractivity contribution is -0.197. The highest BCUT2D eigenvalue weighted by Gasteiger charge is 2.71. The molecule has 0 amide bonds. The molecule has 0 saturated heterocycles. The molecule has 3 fully saturated rings. The summed E-state index contributed by atoms with van der Waals surface area (Å²) in [6, 6.07) is 0. The summed E-state index contributed by atoms with van der Waals surface area (Å²) < 4.78 is 5.42. The van der Waals surface area contributed by atoms with Gasteiger partial charge in [-0.25, -0.2) is 0 Å². The Kier molecular flexibility index (Phi) is 5.29. The number of ether oxygens (including phenoxy) is 1. The van der Waals surface area contributed by atoms with Gasteiger partial charge >= 0.3 is 5.97 Å². The molecule has 0 bridgehead atoms. The summed E-state index contributed by atoms with van der Waals surface area (Å²) in [7, 11) is 1.52. The van der Waals surface area contributed by atoms with Gasteiger partial charge < -0.3 is 9.84 Å². The van der Waals surface area contributed by atoms with E-state index in [2.05, 4.69) is 54.5 Å². The van der Waals surface area contributed by atoms with Crippen molar-refractivity contribution in [2.75, 3.05) is 7.11 Å². The van der Waals surface area contributed by atoms with Crippen LogP contribution in [0.3, 0.4) is 0 Å². The van der Waals surface area contributed by atoms with E-state index in [1.165, 1.54) is 12.7 Å². The lowest BCUT2D eigenvalue weighted by atomic mass is 9.33. The summed E-state index contributed by atoms with van der Waals surface area (Å²) in [5, 5.41) is 11.4. The van der Waals surface area contributed by atoms with Crippen molar-refractivity contribution in [2.45, 2.75) is 99.5 Å². The standard InChI is InChI=1S/C31H46O4/c1-26(2)13-15-31(25(34)35-8)16-14-28(5)19(20(31)18-26)17-21(32)24-29(28,6)12-9-22-27(3,4)11-10-23(33)30(22,24)7/h10-11,17,20,22-24,33H,9,12-16,18H2,1-8H3/t20?,22?,23?,24?,28-,29-,30-,31+/m1/s1. The summed E-state index contributed by atoms with van der Waals surface area (Å²) in [5.74, 6) is 0.135. The van der Waals surface area contributed by atoms with Gasteiger partial charge in [0.15, 0.2) is 5.78 Å². The molecule has 0 heterocycles. The van der Waals surface area contributed by atoms with Gasteiger partial charge in [0, 0.05) is 11.3 Å². The summed E-state index contributed by atoms with van der Waals surface area (Å²) in [6.45, 7) is 16.0. The molecule has 4 unspecified atom stereocenters. The Morgan fingerprint density at radius 1 is 1.00 bits per heavy atom. The van der Waals surface area contributed by atoms with E-state index in [0.717, 1.165) is 44.9 Å². The largest absolute Gasteiger partial charge is 0.469 e. The van der Waals surface area contributed by atoms with E-state index in [9.17, 15) is 14.7 Å². The normalized spacial score (nSPS) is 49.6. The molecule has 4 nitrogen and oxygen atoms in total. The molecule has 0 aromatic heterocycles. The van der Waals surface area contributed by atoms with Gasteiger partial charge in [-0.05, 0) is 84.5 Å². The van der Waals surface area contributed by atoms with Crippen molar-refractivity contribution in [1.29, 1.82) is 0 Å². The van der Waals surface area contributed by atoms with Crippen molar-refractivity contribution in [3.8, 4) is 0 Å². The first-order valence-corrected chi connectivity index (χ1v) is 13.8. The molecule has 3 saturated carbocycles. The predicted molar refractivity (Wildman–Crippen MR) is 137 cm³/mol. The smallest absolute Gasteiger partial charge is 0.312 e. The maximum absolute atomic E-state index is 14.3. The van der Waals surface area contributed by atoms with Gasteiger partial charge in [0.05, 0.1) is 18.6 Å². The number of carbonyl (C=O) groups is 2. The van der Waals surface area contributed by atoms with Crippen LogP contribution in [0.5, 0.6) is 0 Å². The zero-order chi connectivity index (χ0) is 25.8. The van der Waals surface area contributed by atoms with Crippen molar-refractivity contribution in [1.82, 2.24) is 0 Å². The fraction of sp³-hybridized carbons (Fsp3) is 0.806. The molecule has 0 spiro atoms. The third-order valence-corrected chi connectivity index (χ3v) is 12.4. The number of rotatable bonds is 1. The first kappa shape index (κ1) is 25.2. The van der Waals surface area contributed by atoms with Gasteiger partial charge in [-0.3, -0.25) is 9.59 Å². The Morgan fingerprint density at radius 3 is 2.31 bits per heavy atom. The van der Waals surface area contributed by atoms with E-state index < -0.39 is 16.9 Å². The Morgan fingerprint density at radius 2 is 1.66 bits per heavy atom. The van der Waals surface area contributed by atoms with Crippen molar-refractivity contribution in [2.24, 2.45) is 50.2 Å². The van der Waals surface area contributed by atoms with Crippen LogP contribution in [0.25, 0.3) is 0 Å². The third-order valence-electron chi connectivity index (χ3n) is 12.4. The van der Waals surface area contributed by atoms with Crippen LogP contribution in [0.15, 0.2) is 23.8 Å². The maximum atomic E-state index is 14.3. The number of ketones is 1. The van der Waals surface area contributed by atoms with Crippen LogP contribution in [0.2, 0.25) is 0 Å². The van der Waals surface area contributed by atoms with Gasteiger partial charge in [0.25, 0.3) is 0 Å². The first-order valence-electron chi connectivity index (χ1n) is 13.8. The number of fused-ring (bicyclic) bond motifs is 7. The number of allylic oxidation sites excluding steroid dienone is 3. The van der Waals surface area contributed by atoms with Gasteiger partial charge in [0.2, 0.25) is 0 Å². The molecule has 194 valence electrons. The van der Waals surface area contributed by atoms with E-state index in [4.69, 9.17) is 4.74 Å². The lowest BCUT2D eigenvalue weighted by Gasteiger charge is -2.69. The second-order valence-electron chi connectivity index (χ2n) is 14.8. The Hall–Kier alpha value is -1.42. The molecule has 0 radical (unpaired) electrons. The molecule has 5 aliphatic carbocycles. The molecule has 5 aliphatic rings. The molecule has 0 aromatic rings. The molecular weight excluding hydrogens is 436 g/mol. The molecule has 1 N–H and O–H groups in total. The fourth-order valence-corrected chi connectivity index (χ4v) is 10.2. The predicted octanol–water partition coefficient (Wildman–Crippen LogP) is 6.28. The topological polar surface area (TPSA) is 63.6 Å². The van der Waals surface area contributed by atoms with Crippen LogP contribution in [0.1, 0.15) is 93.4 Å². The minimum absolute atomic E-state index is 0.0392. The zero-order valence-electron chi connectivity index (χ0n) is 23.2. The van der Waals surface area contributed by atoms with E-state index in [0.29, 0.717) is 0 Å². The molecule has 8 atom stereocenters. The number of aliphatic hydroxyl groups is 1. The van der Waals surface area contributed by atoms with Crippen molar-refractivity contribution >= 4 is 11.8 Å². The Labute approximate surface area is 212 Å². The minimum atomic E-state index is -0.626. The van der Waals surface area contributed by atoms with Crippen molar-refractivity contribution in [3.05, 3.63) is 23.8 Å². The summed E-state index contributed by atoms with van der Waals surface area (Å²) >= 11 is 0. The molecule has 0 aromatic carbocycles. The van der Waals surface area contributed by atoms with Crippen LogP contribution >= 0.6 is 0 Å². The molecule has 35 heavy (non-hydrogen) atoms. The van der Waals surface area contributed by atoms with Crippen molar-refractivity contribution in [3.63, 3.8) is 0 Å². The van der Waals surface area contributed by atoms with E-state index in [1.54, 1.807) is 0 Å². The van der Waals surface area contributed by atoms with Crippen LogP contribution < -0.4 is 0 Å². The molecular formula is C31H46O4. The van der Waals surface area contributed by atoms with Crippen LogP contribution in [0, 0.1) is 50.2 Å². The van der Waals surface area contributed by atoms with Crippen molar-refractivity contribution < 1.29 is 19.4 Å². The highest BCUT2D eigenvalue weighted by molar-refractivity contribution is 5.96. The molecule has 5 rings (SSSR count). The Balaban J connectivity index is 1.68. The number of methoxy groups -OCH3 is 1. The zero-order valence-corrected chi connectivity index (χ0v) is 23.2. The third kappa shape index (κ3) is 3.01. The maximum Gasteiger partial charge on any atom is 0.312 e. The van der Waals surface area contributed by atoms with E-state index in [1.807, 2.05) is 12.2 Å². The summed E-state index contributed by atoms with van der Waals surface area (Å²) in [6.07, 6.45) is 11.9. The second-order valence-corrected chi connectivity index (χ2v) is 14.8. The highest BCUT2D eigenvalue weighted by Crippen LogP contribution is 2.74. The highest BCUT2D eigenvalue weighted by atomic mass is 16.5. The first-order chi connectivity index (χ1) is 16.1. The number of carbonyl (C=O) groups excluding carboxylic acids is 2. The molecule has 4 heteroatoms. The fourth-order valence-electron chi connectivity index (χ4n) is 10.2. The number of esters is 1. The molecule has 0 aliphatic heterocycles. The van der Waals surface area contributed by atoms with Gasteiger partial charge in [-0.1, -0.05) is 66.2 Å². The minimum Gasteiger partial charge on any atom is -0.469 e. The number of hydrogen-bond donors (Lipinski definition) is 1. The van der Waals surface area contributed by atoms with E-state index >= 15 is 0 Å². The van der Waals surface area contributed by atoms with Gasteiger partial charge in [-0.2, -0.15) is 0 Å². The van der Waals surface area contributed by atoms with Gasteiger partial charge in [0.1, 0.15) is 0 Å². The summed E-state index contributed by atoms with van der Waals surface area (Å²) in [5.41, 5.74) is -0.190. The number of aliphatic hydroxyl groups excluding tert-OH is 1. The monoisotopic (exact) mass is 482 g/mol. The Bertz CT molecular complexity index is 1020. The summed E-state index contributed by atoms with van der Waals surface area (Å²) in [4.78, 5) is 27.6. The number of hydrogen-bond acceptors (Lipinski definition) is 4. The SMILES string of the molecule is COC(=O)[C@]12CCC(C)(C)CC1C1=CC(=O)C3[C@@]4(C)C(O)C=CC(C)(C)C4CC[C@@]3(C)[C@]1(C)CC2. The van der Waals surface area contributed by atoms with E-state index in [-0.39, 0.29) is 51.2 Å². The van der Waals surface area contributed by atoms with Crippen LogP contribution in [-0.4, -0.2) is 30.1 Å².